The number of hydrogen-bond donors (Lipinski definition) is 0. The molecule has 0 bridgehead atoms. The van der Waals surface area contributed by atoms with Crippen molar-refractivity contribution in [2.75, 3.05) is 26.9 Å². The van der Waals surface area contributed by atoms with Gasteiger partial charge in [0.15, 0.2) is 55.3 Å². The van der Waals surface area contributed by atoms with Crippen LogP contribution in [0.3, 0.4) is 0 Å². The second kappa shape index (κ2) is 37.9. The van der Waals surface area contributed by atoms with Crippen molar-refractivity contribution in [3.8, 4) is 11.5 Å². The summed E-state index contributed by atoms with van der Waals surface area (Å²) in [5.74, 6) is -7.27. The maximum absolute atomic E-state index is 15.2. The second-order valence-corrected chi connectivity index (χ2v) is 26.7. The Hall–Kier alpha value is -13.2. The van der Waals surface area contributed by atoms with Gasteiger partial charge in [0, 0.05) is 0 Å². The van der Waals surface area contributed by atoms with Gasteiger partial charge in [-0.25, -0.2) is 38.4 Å². The largest absolute Gasteiger partial charge is 0.497 e. The quantitative estimate of drug-likeness (QED) is 0.0325. The molecule has 115 heavy (non-hydrogen) atoms. The van der Waals surface area contributed by atoms with E-state index in [1.165, 1.54) is 104 Å². The molecule has 3 fully saturated rings. The summed E-state index contributed by atoms with van der Waals surface area (Å²) < 4.78 is 107. The first-order chi connectivity index (χ1) is 56.3. The minimum absolute atomic E-state index is 0.00804. The average molecular weight is 1550 g/mol. The minimum atomic E-state index is -2.14. The molecule has 0 N–H and O–H groups in total. The van der Waals surface area contributed by atoms with Crippen LogP contribution in [0.5, 0.6) is 11.5 Å². The number of ether oxygens (including phenoxy) is 16. The van der Waals surface area contributed by atoms with Gasteiger partial charge in [-0.1, -0.05) is 182 Å². The third-order valence-corrected chi connectivity index (χ3v) is 19.0. The van der Waals surface area contributed by atoms with Gasteiger partial charge in [-0.05, 0) is 144 Å². The van der Waals surface area contributed by atoms with Crippen molar-refractivity contribution in [2.45, 2.75) is 92.6 Å². The first-order valence-electron chi connectivity index (χ1n) is 36.9. The van der Waals surface area contributed by atoms with E-state index in [2.05, 4.69) is 0 Å². The molecule has 24 heteroatoms. The van der Waals surface area contributed by atoms with Crippen LogP contribution in [0.2, 0.25) is 0 Å². The topological polar surface area (TPSA) is 284 Å². The first-order valence-corrected chi connectivity index (χ1v) is 36.9. The SMILES string of the molecule is COc1ccc(O[C@H]2OC[C@H](OCc3ccc4ccccc4c3)[C@@H](O[C@@H]3O[C@H](COC(=O)c4ccccc4)[C@@H](OC(=O)c4ccccc4)[C@H](OC(=O)c4ccccc4)[C@H]3OC(=O)c3ccccc3)[C@@H]2O[C@@H]2O[C@H](COC(=O)c3ccccc3)[C@@H](OC(=O)c3ccccc3)[C@H](OC(=O)c3ccccc3)[C@H]2OC(=O)c2ccccc2)cc1. The third kappa shape index (κ3) is 19.8. The maximum atomic E-state index is 15.2. The summed E-state index contributed by atoms with van der Waals surface area (Å²) in [6.45, 7) is -2.22. The summed E-state index contributed by atoms with van der Waals surface area (Å²) in [6, 6.07) is 82.2. The Labute approximate surface area is 660 Å². The predicted octanol–water partition coefficient (Wildman–Crippen LogP) is 13.5. The minimum Gasteiger partial charge on any atom is -0.497 e. The monoisotopic (exact) mass is 1550 g/mol. The van der Waals surface area contributed by atoms with Crippen LogP contribution in [0.25, 0.3) is 10.8 Å². The molecule has 3 heterocycles. The highest BCUT2D eigenvalue weighted by molar-refractivity contribution is 5.94. The highest BCUT2D eigenvalue weighted by atomic mass is 16.8. The molecule has 3 aliphatic rings. The van der Waals surface area contributed by atoms with Crippen LogP contribution in [0, 0.1) is 0 Å². The summed E-state index contributed by atoms with van der Waals surface area (Å²) in [6.07, 6.45) is -26.4. The fraction of sp³-hybridized carbons (Fsp3) is 0.209. The molecule has 0 amide bonds. The Morgan fingerprint density at radius 2 is 0.617 bits per heavy atom. The van der Waals surface area contributed by atoms with Crippen LogP contribution in [-0.2, 0) is 72.9 Å². The molecule has 14 atom stereocenters. The number of esters is 8. The molecule has 0 saturated carbocycles. The lowest BCUT2D eigenvalue weighted by atomic mass is 9.96. The van der Waals surface area contributed by atoms with E-state index in [-0.39, 0.29) is 56.9 Å². The van der Waals surface area contributed by atoms with E-state index in [9.17, 15) is 19.2 Å². The Morgan fingerprint density at radius 1 is 0.304 bits per heavy atom. The normalized spacial score (nSPS) is 22.3. The van der Waals surface area contributed by atoms with E-state index in [0.29, 0.717) is 11.3 Å². The molecule has 14 rings (SSSR count). The fourth-order valence-corrected chi connectivity index (χ4v) is 13.2. The lowest BCUT2D eigenvalue weighted by molar-refractivity contribution is -0.376. The van der Waals surface area contributed by atoms with Crippen molar-refractivity contribution in [2.24, 2.45) is 0 Å². The van der Waals surface area contributed by atoms with Crippen molar-refractivity contribution in [1.82, 2.24) is 0 Å². The van der Waals surface area contributed by atoms with Gasteiger partial charge in [0.1, 0.15) is 49.1 Å². The first kappa shape index (κ1) is 78.5. The number of hydrogen-bond acceptors (Lipinski definition) is 24. The number of fused-ring (bicyclic) bond motifs is 1. The molecule has 0 aromatic heterocycles. The van der Waals surface area contributed by atoms with Crippen molar-refractivity contribution in [1.29, 1.82) is 0 Å². The predicted molar refractivity (Wildman–Crippen MR) is 410 cm³/mol. The lowest BCUT2D eigenvalue weighted by Crippen LogP contribution is -2.68. The number of carbonyl (C=O) groups excluding carboxylic acids is 8. The van der Waals surface area contributed by atoms with Crippen LogP contribution < -0.4 is 9.47 Å². The van der Waals surface area contributed by atoms with Crippen molar-refractivity contribution < 1.29 is 114 Å². The number of benzene rings is 11. The summed E-state index contributed by atoms with van der Waals surface area (Å²) in [4.78, 5) is 119. The van der Waals surface area contributed by atoms with Crippen molar-refractivity contribution in [3.05, 3.63) is 359 Å². The molecule has 584 valence electrons. The van der Waals surface area contributed by atoms with Gasteiger partial charge in [-0.15, -0.1) is 0 Å². The van der Waals surface area contributed by atoms with E-state index in [4.69, 9.17) is 75.8 Å². The third-order valence-electron chi connectivity index (χ3n) is 19.0. The molecule has 3 aliphatic heterocycles. The van der Waals surface area contributed by atoms with Gasteiger partial charge in [-0.3, -0.25) is 0 Å². The zero-order chi connectivity index (χ0) is 79.4. The average Bonchev–Trinajstić information content (AvgIpc) is 0.759. The molecule has 0 radical (unpaired) electrons. The van der Waals surface area contributed by atoms with Gasteiger partial charge in [-0.2, -0.15) is 0 Å². The van der Waals surface area contributed by atoms with Crippen molar-refractivity contribution in [3.63, 3.8) is 0 Å². The Balaban J connectivity index is 0.956. The molecule has 0 unspecified atom stereocenters. The van der Waals surface area contributed by atoms with Crippen LogP contribution in [0.15, 0.2) is 309 Å². The van der Waals surface area contributed by atoms with Gasteiger partial charge in [0.05, 0.1) is 64.8 Å². The highest BCUT2D eigenvalue weighted by Crippen LogP contribution is 2.40. The van der Waals surface area contributed by atoms with Crippen LogP contribution in [0.4, 0.5) is 0 Å². The van der Waals surface area contributed by atoms with Crippen molar-refractivity contribution >= 4 is 58.5 Å². The van der Waals surface area contributed by atoms with E-state index < -0.39 is 154 Å². The van der Waals surface area contributed by atoms with Crippen LogP contribution in [0.1, 0.15) is 88.4 Å². The molecule has 0 spiro atoms. The van der Waals surface area contributed by atoms with Crippen LogP contribution in [-0.4, -0.2) is 161 Å². The zero-order valence-electron chi connectivity index (χ0n) is 61.7. The van der Waals surface area contributed by atoms with Gasteiger partial charge < -0.3 is 75.8 Å². The molecule has 0 aliphatic carbocycles. The number of methoxy groups -OCH3 is 1. The Kier molecular flexibility index (Phi) is 25.9. The van der Waals surface area contributed by atoms with Crippen LogP contribution >= 0.6 is 0 Å². The Bertz CT molecular complexity index is 5090. The Morgan fingerprint density at radius 3 is 0.983 bits per heavy atom. The molecular weight excluding hydrogens is 1480 g/mol. The standard InChI is InChI=1S/C91H76O24/c1-100-68-48-50-69(51-49-68)105-89-78(115-91-80(113-88(99)66-43-24-9-25-44-66)77(111-86(97)64-39-20-7-21-40-64)75(109-84(95)62-35-16-5-17-36-62)72(107-91)56-103-82(93)60-31-12-3-13-32-60)73(70(54-104-89)101-53-57-46-47-58-28-26-27-45-67(58)52-57)114-90-79(112-87(98)65-41-22-8-23-42-65)76(110-85(96)63-37-18-6-19-38-63)74(108-83(94)61-33-14-4-15-34-61)71(106-90)55-102-81(92)59-29-10-2-11-30-59/h2-52,70-80,89-91H,53-56H2,1H3/t70-,71+,72+,73+,74+,75+,76-,77-,78-,79+,80+,89+,90-,91-/m0/s1. The van der Waals surface area contributed by atoms with E-state index >= 15 is 19.2 Å². The maximum Gasteiger partial charge on any atom is 0.338 e. The number of carbonyl (C=O) groups is 8. The fourth-order valence-electron chi connectivity index (χ4n) is 13.2. The van der Waals surface area contributed by atoms with Gasteiger partial charge in [0.2, 0.25) is 6.29 Å². The summed E-state index contributed by atoms with van der Waals surface area (Å²) >= 11 is 0. The molecule has 11 aromatic carbocycles. The molecule has 3 saturated heterocycles. The van der Waals surface area contributed by atoms with Gasteiger partial charge in [0.25, 0.3) is 0 Å². The molecular formula is C91H76O24. The molecule has 11 aromatic rings. The highest BCUT2D eigenvalue weighted by Gasteiger charge is 2.60. The second-order valence-electron chi connectivity index (χ2n) is 26.7. The lowest BCUT2D eigenvalue weighted by Gasteiger charge is -2.49. The summed E-state index contributed by atoms with van der Waals surface area (Å²) in [5, 5.41) is 1.77. The summed E-state index contributed by atoms with van der Waals surface area (Å²) in [7, 11) is 1.47. The smallest absolute Gasteiger partial charge is 0.338 e. The number of rotatable bonds is 28. The van der Waals surface area contributed by atoms with E-state index in [0.717, 1.165) is 10.8 Å². The van der Waals surface area contributed by atoms with E-state index in [1.807, 2.05) is 42.5 Å². The van der Waals surface area contributed by atoms with Gasteiger partial charge >= 0.3 is 47.8 Å². The summed E-state index contributed by atoms with van der Waals surface area (Å²) in [5.41, 5.74) is 0.824. The molecule has 24 nitrogen and oxygen atoms in total. The van der Waals surface area contributed by atoms with E-state index in [1.54, 1.807) is 170 Å². The zero-order valence-corrected chi connectivity index (χ0v) is 61.7.